The maximum atomic E-state index is 12.3. The minimum atomic E-state index is -4.02. The van der Waals surface area contributed by atoms with Crippen molar-refractivity contribution < 1.29 is 26.2 Å². The SMILES string of the molecule is CCc1nc(-c2ccccc2)cn1-c1ccc(CCNC(=O)NS(=O)(=O)c2ccc(C)cc2)cc1.Cc1ccc(S(=O)(=O)O)cc1. The summed E-state index contributed by atoms with van der Waals surface area (Å²) in [6.07, 6.45) is 3.42. The maximum Gasteiger partial charge on any atom is 0.328 e. The number of amides is 2. The van der Waals surface area contributed by atoms with Crippen LogP contribution in [0.2, 0.25) is 0 Å². The summed E-state index contributed by atoms with van der Waals surface area (Å²) in [5.74, 6) is 0.977. The van der Waals surface area contributed by atoms with Gasteiger partial charge in [-0.25, -0.2) is 22.9 Å². The van der Waals surface area contributed by atoms with Gasteiger partial charge in [0.1, 0.15) is 5.82 Å². The Morgan fingerprint density at radius 3 is 1.89 bits per heavy atom. The van der Waals surface area contributed by atoms with E-state index in [4.69, 9.17) is 9.54 Å². The van der Waals surface area contributed by atoms with E-state index in [9.17, 15) is 21.6 Å². The molecule has 0 saturated carbocycles. The highest BCUT2D eigenvalue weighted by Crippen LogP contribution is 2.22. The Bertz CT molecular complexity index is 1970. The largest absolute Gasteiger partial charge is 0.337 e. The van der Waals surface area contributed by atoms with Crippen LogP contribution in [0.25, 0.3) is 16.9 Å². The second-order valence-corrected chi connectivity index (χ2v) is 13.6. The Hall–Kier alpha value is -4.78. The molecule has 0 atom stereocenters. The number of aromatic nitrogens is 2. The van der Waals surface area contributed by atoms with Gasteiger partial charge in [-0.2, -0.15) is 8.42 Å². The molecule has 46 heavy (non-hydrogen) atoms. The number of hydrogen-bond acceptors (Lipinski definition) is 6. The van der Waals surface area contributed by atoms with Gasteiger partial charge >= 0.3 is 6.03 Å². The molecule has 240 valence electrons. The van der Waals surface area contributed by atoms with E-state index in [1.165, 1.54) is 24.3 Å². The smallest absolute Gasteiger partial charge is 0.328 e. The highest BCUT2D eigenvalue weighted by Gasteiger charge is 2.17. The first-order chi connectivity index (χ1) is 21.9. The summed E-state index contributed by atoms with van der Waals surface area (Å²) in [5.41, 5.74) is 5.94. The van der Waals surface area contributed by atoms with Crippen LogP contribution >= 0.6 is 0 Å². The highest BCUT2D eigenvalue weighted by atomic mass is 32.2. The third kappa shape index (κ3) is 9.36. The van der Waals surface area contributed by atoms with Gasteiger partial charge in [-0.1, -0.05) is 84.8 Å². The quantitative estimate of drug-likeness (QED) is 0.167. The number of carbonyl (C=O) groups excluding carboxylic acids is 1. The number of aryl methyl sites for hydroxylation is 3. The predicted molar refractivity (Wildman–Crippen MR) is 178 cm³/mol. The molecule has 5 rings (SSSR count). The Balaban J connectivity index is 0.000000369. The number of nitrogens with one attached hydrogen (secondary N) is 2. The molecular formula is C34H36N4O6S2. The zero-order valence-electron chi connectivity index (χ0n) is 25.7. The monoisotopic (exact) mass is 660 g/mol. The molecule has 12 heteroatoms. The topological polar surface area (TPSA) is 147 Å². The Morgan fingerprint density at radius 2 is 1.35 bits per heavy atom. The normalized spacial score (nSPS) is 11.3. The zero-order valence-corrected chi connectivity index (χ0v) is 27.3. The molecule has 0 unspecified atom stereocenters. The van der Waals surface area contributed by atoms with Crippen molar-refractivity contribution in [1.82, 2.24) is 19.6 Å². The van der Waals surface area contributed by atoms with Gasteiger partial charge in [0.2, 0.25) is 0 Å². The Kier molecular flexibility index (Phi) is 11.1. The number of imidazole rings is 1. The van der Waals surface area contributed by atoms with Crippen LogP contribution in [-0.2, 0) is 33.0 Å². The first kappa shape index (κ1) is 34.1. The molecule has 1 aromatic heterocycles. The van der Waals surface area contributed by atoms with Gasteiger partial charge in [0.25, 0.3) is 20.1 Å². The van der Waals surface area contributed by atoms with Gasteiger partial charge in [0.15, 0.2) is 0 Å². The van der Waals surface area contributed by atoms with Crippen molar-refractivity contribution in [2.45, 2.75) is 43.4 Å². The summed E-state index contributed by atoms with van der Waals surface area (Å²) in [6, 6.07) is 29.7. The molecule has 0 aliphatic heterocycles. The van der Waals surface area contributed by atoms with Crippen molar-refractivity contribution in [3.63, 3.8) is 0 Å². The second-order valence-electron chi connectivity index (χ2n) is 10.5. The first-order valence-electron chi connectivity index (χ1n) is 14.5. The fourth-order valence-electron chi connectivity index (χ4n) is 4.43. The van der Waals surface area contributed by atoms with Crippen LogP contribution < -0.4 is 10.0 Å². The highest BCUT2D eigenvalue weighted by molar-refractivity contribution is 7.90. The number of rotatable bonds is 9. The van der Waals surface area contributed by atoms with Gasteiger partial charge in [-0.3, -0.25) is 4.55 Å². The van der Waals surface area contributed by atoms with Gasteiger partial charge in [0, 0.05) is 30.4 Å². The Morgan fingerprint density at radius 1 is 0.783 bits per heavy atom. The summed E-state index contributed by atoms with van der Waals surface area (Å²) < 4.78 is 58.3. The minimum absolute atomic E-state index is 0.0511. The van der Waals surface area contributed by atoms with Gasteiger partial charge in [0.05, 0.1) is 15.5 Å². The number of benzene rings is 4. The molecule has 1 heterocycles. The lowest BCUT2D eigenvalue weighted by Gasteiger charge is -2.10. The van der Waals surface area contributed by atoms with E-state index < -0.39 is 26.2 Å². The fourth-order valence-corrected chi connectivity index (χ4v) is 5.84. The Labute approximate surface area is 270 Å². The lowest BCUT2D eigenvalue weighted by atomic mass is 10.1. The molecule has 10 nitrogen and oxygen atoms in total. The summed E-state index contributed by atoms with van der Waals surface area (Å²) in [6.45, 7) is 6.09. The van der Waals surface area contributed by atoms with E-state index in [1.807, 2.05) is 79.4 Å². The minimum Gasteiger partial charge on any atom is -0.337 e. The molecule has 0 saturated heterocycles. The molecule has 0 aliphatic carbocycles. The molecule has 3 N–H and O–H groups in total. The molecule has 0 spiro atoms. The van der Waals surface area contributed by atoms with Crippen LogP contribution in [0, 0.1) is 13.8 Å². The number of urea groups is 1. The van der Waals surface area contributed by atoms with E-state index >= 15 is 0 Å². The van der Waals surface area contributed by atoms with Crippen LogP contribution in [0.4, 0.5) is 4.79 Å². The van der Waals surface area contributed by atoms with E-state index in [0.717, 1.165) is 45.9 Å². The third-order valence-electron chi connectivity index (χ3n) is 6.96. The first-order valence-corrected chi connectivity index (χ1v) is 17.4. The van der Waals surface area contributed by atoms with E-state index in [-0.39, 0.29) is 9.79 Å². The van der Waals surface area contributed by atoms with Crippen LogP contribution in [0.5, 0.6) is 0 Å². The van der Waals surface area contributed by atoms with Gasteiger partial charge < -0.3 is 9.88 Å². The van der Waals surface area contributed by atoms with E-state index in [1.54, 1.807) is 24.3 Å². The molecule has 0 bridgehead atoms. The molecule has 4 aromatic carbocycles. The molecule has 0 radical (unpaired) electrons. The standard InChI is InChI=1S/C27H28N4O3S.C7H8O3S/c1-3-26-29-25(22-7-5-4-6-8-22)19-31(26)23-13-11-21(12-14-23)17-18-28-27(32)30-35(33,34)24-15-9-20(2)10-16-24;1-6-2-4-7(5-3-6)11(8,9)10/h4-16,19H,3,17-18H2,1-2H3,(H2,28,30,32);2-5H,1H3,(H,8,9,10). The molecule has 0 aliphatic rings. The third-order valence-corrected chi connectivity index (χ3v) is 9.17. The zero-order chi connectivity index (χ0) is 33.3. The number of hydrogen-bond donors (Lipinski definition) is 3. The van der Waals surface area contributed by atoms with E-state index in [0.29, 0.717) is 13.0 Å². The van der Waals surface area contributed by atoms with Crippen LogP contribution in [-0.4, -0.2) is 43.5 Å². The predicted octanol–water partition coefficient (Wildman–Crippen LogP) is 5.88. The number of sulfonamides is 1. The maximum absolute atomic E-state index is 12.3. The number of carbonyl (C=O) groups is 1. The van der Waals surface area contributed by atoms with Crippen molar-refractivity contribution >= 4 is 26.2 Å². The molecular weight excluding hydrogens is 625 g/mol. The van der Waals surface area contributed by atoms with Crippen molar-refractivity contribution in [1.29, 1.82) is 0 Å². The van der Waals surface area contributed by atoms with Crippen molar-refractivity contribution in [2.75, 3.05) is 6.54 Å². The summed E-state index contributed by atoms with van der Waals surface area (Å²) >= 11 is 0. The van der Waals surface area contributed by atoms with Gasteiger partial charge in [-0.05, 0) is 62.2 Å². The second kappa shape index (κ2) is 15.0. The van der Waals surface area contributed by atoms with Crippen LogP contribution in [0.1, 0.15) is 29.4 Å². The number of nitrogens with zero attached hydrogens (tertiary/aromatic N) is 2. The van der Waals surface area contributed by atoms with Crippen molar-refractivity contribution in [2.24, 2.45) is 0 Å². The molecule has 5 aromatic rings. The summed E-state index contributed by atoms with van der Waals surface area (Å²) in [7, 11) is -7.92. The average molecular weight is 661 g/mol. The van der Waals surface area contributed by atoms with E-state index in [2.05, 4.69) is 16.8 Å². The summed E-state index contributed by atoms with van der Waals surface area (Å²) in [4.78, 5) is 16.9. The van der Waals surface area contributed by atoms with Crippen molar-refractivity contribution in [3.05, 3.63) is 132 Å². The lowest BCUT2D eigenvalue weighted by molar-refractivity contribution is 0.246. The van der Waals surface area contributed by atoms with Crippen LogP contribution in [0.15, 0.2) is 119 Å². The lowest BCUT2D eigenvalue weighted by Crippen LogP contribution is -2.40. The van der Waals surface area contributed by atoms with Gasteiger partial charge in [-0.15, -0.1) is 0 Å². The average Bonchev–Trinajstić information content (AvgIpc) is 3.47. The van der Waals surface area contributed by atoms with Crippen molar-refractivity contribution in [3.8, 4) is 16.9 Å². The summed E-state index contributed by atoms with van der Waals surface area (Å²) in [5, 5.41) is 2.61. The fraction of sp³-hybridized carbons (Fsp3) is 0.176. The van der Waals surface area contributed by atoms with Crippen LogP contribution in [0.3, 0.4) is 0 Å². The molecule has 0 fully saturated rings. The molecule has 2 amide bonds.